The number of aliphatic hydroxyl groups excluding tert-OH is 1. The molecule has 0 atom stereocenters. The third-order valence-electron chi connectivity index (χ3n) is 3.79. The van der Waals surface area contributed by atoms with E-state index in [4.69, 9.17) is 14.2 Å². The summed E-state index contributed by atoms with van der Waals surface area (Å²) in [4.78, 5) is 4.59. The first-order valence-corrected chi connectivity index (χ1v) is 8.19. The fraction of sp³-hybridized carbons (Fsp3) is 0.611. The van der Waals surface area contributed by atoms with Crippen LogP contribution >= 0.6 is 0 Å². The molecule has 0 aromatic heterocycles. The molecule has 1 heterocycles. The molecule has 0 amide bonds. The van der Waals surface area contributed by atoms with Crippen molar-refractivity contribution in [3.63, 3.8) is 0 Å². The van der Waals surface area contributed by atoms with Gasteiger partial charge in [0.05, 0.1) is 25.9 Å². The molecule has 1 aromatic carbocycles. The molecule has 0 aliphatic carbocycles. The second-order valence-electron chi connectivity index (χ2n) is 6.35. The third kappa shape index (κ3) is 4.16. The average molecular weight is 321 g/mol. The van der Waals surface area contributed by atoms with Crippen molar-refractivity contribution in [3.8, 4) is 11.5 Å². The fourth-order valence-corrected chi connectivity index (χ4v) is 2.53. The Morgan fingerprint density at radius 2 is 2.09 bits per heavy atom. The fourth-order valence-electron chi connectivity index (χ4n) is 2.53. The molecule has 0 saturated carbocycles. The zero-order valence-corrected chi connectivity index (χ0v) is 14.5. The predicted octanol–water partition coefficient (Wildman–Crippen LogP) is 3.31. The topological polar surface area (TPSA) is 60.3 Å². The quantitative estimate of drug-likeness (QED) is 0.746. The lowest BCUT2D eigenvalue weighted by Gasteiger charge is -2.17. The zero-order valence-electron chi connectivity index (χ0n) is 14.5. The van der Waals surface area contributed by atoms with Crippen molar-refractivity contribution in [2.45, 2.75) is 52.2 Å². The molecule has 23 heavy (non-hydrogen) atoms. The number of ether oxygens (including phenoxy) is 3. The first-order valence-electron chi connectivity index (χ1n) is 8.19. The van der Waals surface area contributed by atoms with E-state index in [1.165, 1.54) is 0 Å². The van der Waals surface area contributed by atoms with Crippen molar-refractivity contribution in [2.24, 2.45) is 4.99 Å². The number of aliphatic imine (C=N–C) groups is 1. The smallest absolute Gasteiger partial charge is 0.217 e. The highest BCUT2D eigenvalue weighted by molar-refractivity contribution is 5.97. The summed E-state index contributed by atoms with van der Waals surface area (Å²) in [6.07, 6.45) is 3.22. The highest BCUT2D eigenvalue weighted by atomic mass is 16.5. The van der Waals surface area contributed by atoms with Gasteiger partial charge in [-0.3, -0.25) is 0 Å². The Hall–Kier alpha value is -1.75. The Labute approximate surface area is 138 Å². The lowest BCUT2D eigenvalue weighted by molar-refractivity contribution is 0.249. The second-order valence-corrected chi connectivity index (χ2v) is 6.35. The maximum absolute atomic E-state index is 9.87. The normalized spacial score (nSPS) is 16.0. The van der Waals surface area contributed by atoms with Gasteiger partial charge >= 0.3 is 0 Å². The van der Waals surface area contributed by atoms with Gasteiger partial charge < -0.3 is 19.3 Å². The minimum absolute atomic E-state index is 0.154. The van der Waals surface area contributed by atoms with Crippen LogP contribution in [0.3, 0.4) is 0 Å². The highest BCUT2D eigenvalue weighted by Crippen LogP contribution is 2.36. The van der Waals surface area contributed by atoms with Crippen LogP contribution in [0, 0.1) is 0 Å². The summed E-state index contributed by atoms with van der Waals surface area (Å²) < 4.78 is 17.0. The summed E-state index contributed by atoms with van der Waals surface area (Å²) in [5.41, 5.74) is 1.19. The van der Waals surface area contributed by atoms with Crippen LogP contribution in [0.1, 0.15) is 51.2 Å². The Bertz CT molecular complexity index is 566. The molecule has 5 nitrogen and oxygen atoms in total. The Kier molecular flexibility index (Phi) is 5.88. The maximum atomic E-state index is 9.87. The number of hydrogen-bond acceptors (Lipinski definition) is 5. The van der Waals surface area contributed by atoms with Crippen LogP contribution < -0.4 is 9.47 Å². The molecule has 2 rings (SSSR count). The van der Waals surface area contributed by atoms with Crippen molar-refractivity contribution in [2.75, 3.05) is 20.3 Å². The van der Waals surface area contributed by atoms with Gasteiger partial charge in [-0.15, -0.1) is 0 Å². The average Bonchev–Trinajstić information content (AvgIpc) is 2.90. The molecule has 0 unspecified atom stereocenters. The molecule has 1 aliphatic rings. The van der Waals surface area contributed by atoms with E-state index in [9.17, 15) is 5.11 Å². The van der Waals surface area contributed by atoms with Gasteiger partial charge in [0.1, 0.15) is 6.61 Å². The summed E-state index contributed by atoms with van der Waals surface area (Å²) in [6.45, 7) is 7.16. The number of nitrogens with zero attached hydrogens (tertiary/aromatic N) is 1. The van der Waals surface area contributed by atoms with Crippen molar-refractivity contribution >= 4 is 5.90 Å². The van der Waals surface area contributed by atoms with Gasteiger partial charge in [-0.2, -0.15) is 0 Å². The second kappa shape index (κ2) is 7.68. The van der Waals surface area contributed by atoms with Crippen molar-refractivity contribution < 1.29 is 19.3 Å². The van der Waals surface area contributed by atoms with Gasteiger partial charge in [-0.05, 0) is 32.4 Å². The Morgan fingerprint density at radius 3 is 2.65 bits per heavy atom. The van der Waals surface area contributed by atoms with Crippen molar-refractivity contribution in [1.82, 2.24) is 0 Å². The number of rotatable bonds is 8. The molecule has 0 bridgehead atoms. The van der Waals surface area contributed by atoms with Crippen LogP contribution in [0.4, 0.5) is 0 Å². The van der Waals surface area contributed by atoms with E-state index in [2.05, 4.69) is 11.9 Å². The van der Waals surface area contributed by atoms with Gasteiger partial charge in [0.25, 0.3) is 0 Å². The first-order chi connectivity index (χ1) is 11.0. The van der Waals surface area contributed by atoms with Gasteiger partial charge in [0.2, 0.25) is 5.90 Å². The van der Waals surface area contributed by atoms with Gasteiger partial charge in [-0.25, -0.2) is 4.99 Å². The summed E-state index contributed by atoms with van der Waals surface area (Å²) in [5, 5.41) is 9.87. The molecular weight excluding hydrogens is 294 g/mol. The van der Waals surface area contributed by atoms with Gasteiger partial charge in [-0.1, -0.05) is 19.8 Å². The highest BCUT2D eigenvalue weighted by Gasteiger charge is 2.29. The number of aliphatic hydroxyl groups is 1. The molecular formula is C18H27NO4. The van der Waals surface area contributed by atoms with Crippen LogP contribution in [0.25, 0.3) is 0 Å². The minimum atomic E-state index is -0.246. The van der Waals surface area contributed by atoms with E-state index >= 15 is 0 Å². The Morgan fingerprint density at radius 1 is 1.30 bits per heavy atom. The SMILES string of the molecule is CCCCCOc1c(OC)ccc(C2=NC(C)(C)CO2)c1CO. The monoisotopic (exact) mass is 321 g/mol. The first kappa shape index (κ1) is 17.6. The minimum Gasteiger partial charge on any atom is -0.493 e. The van der Waals surface area contributed by atoms with Gasteiger partial charge in [0, 0.05) is 11.1 Å². The third-order valence-corrected chi connectivity index (χ3v) is 3.79. The standard InChI is InChI=1S/C18H27NO4/c1-5-6-7-10-22-16-14(11-20)13(8-9-15(16)21-4)17-19-18(2,3)12-23-17/h8-9,20H,5-7,10-12H2,1-4H3. The molecule has 1 N–H and O–H groups in total. The zero-order chi connectivity index (χ0) is 16.9. The summed E-state index contributed by atoms with van der Waals surface area (Å²) >= 11 is 0. The summed E-state index contributed by atoms with van der Waals surface area (Å²) in [5.74, 6) is 1.76. The molecule has 0 radical (unpaired) electrons. The largest absolute Gasteiger partial charge is 0.493 e. The van der Waals surface area contributed by atoms with Crippen molar-refractivity contribution in [1.29, 1.82) is 0 Å². The van der Waals surface area contributed by atoms with Crippen molar-refractivity contribution in [3.05, 3.63) is 23.3 Å². The van der Waals surface area contributed by atoms with Gasteiger partial charge in [0.15, 0.2) is 11.5 Å². The number of benzene rings is 1. The van der Waals surface area contributed by atoms with E-state index in [1.54, 1.807) is 7.11 Å². The molecule has 0 fully saturated rings. The number of methoxy groups -OCH3 is 1. The predicted molar refractivity (Wildman–Crippen MR) is 90.5 cm³/mol. The summed E-state index contributed by atoms with van der Waals surface area (Å²) in [7, 11) is 1.60. The summed E-state index contributed by atoms with van der Waals surface area (Å²) in [6, 6.07) is 3.70. The molecule has 5 heteroatoms. The molecule has 0 spiro atoms. The lowest BCUT2D eigenvalue weighted by Crippen LogP contribution is -2.17. The van der Waals surface area contributed by atoms with Crippen LogP contribution in [0.5, 0.6) is 11.5 Å². The van der Waals surface area contributed by atoms with E-state index in [-0.39, 0.29) is 12.1 Å². The van der Waals surface area contributed by atoms with Crippen LogP contribution in [-0.2, 0) is 11.3 Å². The number of hydrogen-bond donors (Lipinski definition) is 1. The molecule has 0 saturated heterocycles. The van der Waals surface area contributed by atoms with Crippen LogP contribution in [0.2, 0.25) is 0 Å². The Balaban J connectivity index is 2.33. The molecule has 1 aromatic rings. The molecule has 128 valence electrons. The van der Waals surface area contributed by atoms with E-state index in [1.807, 2.05) is 26.0 Å². The van der Waals surface area contributed by atoms with E-state index in [0.29, 0.717) is 36.2 Å². The number of unbranched alkanes of at least 4 members (excludes halogenated alkanes) is 2. The van der Waals surface area contributed by atoms with Crippen LogP contribution in [-0.4, -0.2) is 36.9 Å². The molecule has 1 aliphatic heterocycles. The lowest BCUT2D eigenvalue weighted by atomic mass is 10.1. The van der Waals surface area contributed by atoms with Crippen LogP contribution in [0.15, 0.2) is 17.1 Å². The van der Waals surface area contributed by atoms with E-state index < -0.39 is 0 Å². The maximum Gasteiger partial charge on any atom is 0.217 e. The van der Waals surface area contributed by atoms with E-state index in [0.717, 1.165) is 24.8 Å².